The molecule has 9 nitrogen and oxygen atoms in total. The van der Waals surface area contributed by atoms with Gasteiger partial charge in [-0.1, -0.05) is 12.1 Å². The number of rotatable bonds is 4. The molecule has 0 aliphatic carbocycles. The highest BCUT2D eigenvalue weighted by molar-refractivity contribution is 7.89. The molecule has 3 heterocycles. The van der Waals surface area contributed by atoms with Crippen LogP contribution in [-0.2, 0) is 19.6 Å². The zero-order chi connectivity index (χ0) is 23.9. The van der Waals surface area contributed by atoms with Gasteiger partial charge in [-0.25, -0.2) is 12.8 Å². The van der Waals surface area contributed by atoms with Gasteiger partial charge in [0, 0.05) is 50.9 Å². The van der Waals surface area contributed by atoms with E-state index in [0.717, 1.165) is 6.07 Å². The molecule has 0 aromatic heterocycles. The highest BCUT2D eigenvalue weighted by Crippen LogP contribution is 2.36. The van der Waals surface area contributed by atoms with Crippen LogP contribution < -0.4 is 14.4 Å². The zero-order valence-electron chi connectivity index (χ0n) is 18.4. The highest BCUT2D eigenvalue weighted by Gasteiger charge is 2.39. The molecule has 11 heteroatoms. The fraction of sp³-hybridized carbons (Fsp3) is 0.391. The third-order valence-corrected chi connectivity index (χ3v) is 8.25. The maximum absolute atomic E-state index is 14.0. The minimum absolute atomic E-state index is 0.0644. The lowest BCUT2D eigenvalue weighted by molar-refractivity contribution is -0.136. The number of hydrogen-bond acceptors (Lipinski definition) is 6. The maximum Gasteiger partial charge on any atom is 0.246 e. The summed E-state index contributed by atoms with van der Waals surface area (Å²) in [6.45, 7) is 1.64. The van der Waals surface area contributed by atoms with E-state index in [1.807, 2.05) is 0 Å². The maximum atomic E-state index is 14.0. The monoisotopic (exact) mass is 489 g/mol. The first kappa shape index (κ1) is 22.6. The lowest BCUT2D eigenvalue weighted by atomic mass is 10.1. The normalized spacial score (nSPS) is 21.1. The van der Waals surface area contributed by atoms with Gasteiger partial charge in [0.1, 0.15) is 23.9 Å². The minimum Gasteiger partial charge on any atom is -0.486 e. The first-order chi connectivity index (χ1) is 16.3. The van der Waals surface area contributed by atoms with Crippen molar-refractivity contribution in [1.82, 2.24) is 9.21 Å². The molecule has 2 amide bonds. The van der Waals surface area contributed by atoms with Crippen molar-refractivity contribution in [3.05, 3.63) is 48.3 Å². The quantitative estimate of drug-likeness (QED) is 0.646. The van der Waals surface area contributed by atoms with E-state index in [2.05, 4.69) is 0 Å². The van der Waals surface area contributed by atoms with Crippen LogP contribution >= 0.6 is 0 Å². The summed E-state index contributed by atoms with van der Waals surface area (Å²) < 4.78 is 51.9. The molecule has 1 unspecified atom stereocenters. The van der Waals surface area contributed by atoms with E-state index in [4.69, 9.17) is 9.47 Å². The van der Waals surface area contributed by atoms with Gasteiger partial charge in [-0.2, -0.15) is 4.31 Å². The second-order valence-corrected chi connectivity index (χ2v) is 10.3. The van der Waals surface area contributed by atoms with Crippen LogP contribution in [0.3, 0.4) is 0 Å². The Morgan fingerprint density at radius 3 is 2.41 bits per heavy atom. The van der Waals surface area contributed by atoms with Crippen molar-refractivity contribution in [2.75, 3.05) is 50.8 Å². The molecule has 2 aromatic rings. The summed E-state index contributed by atoms with van der Waals surface area (Å²) in [4.78, 5) is 28.6. The van der Waals surface area contributed by atoms with Gasteiger partial charge in [0.2, 0.25) is 21.8 Å². The van der Waals surface area contributed by atoms with Crippen molar-refractivity contribution in [2.24, 2.45) is 5.92 Å². The van der Waals surface area contributed by atoms with Gasteiger partial charge in [0.25, 0.3) is 0 Å². The second-order valence-electron chi connectivity index (χ2n) is 8.39. The molecule has 0 spiro atoms. The minimum atomic E-state index is -3.99. The number of anilines is 1. The van der Waals surface area contributed by atoms with Gasteiger partial charge in [-0.15, -0.1) is 0 Å². The summed E-state index contributed by atoms with van der Waals surface area (Å²) in [5, 5.41) is 0. The largest absolute Gasteiger partial charge is 0.486 e. The molecular formula is C23H24FN3O6S. The van der Waals surface area contributed by atoms with Crippen molar-refractivity contribution in [3.63, 3.8) is 0 Å². The second kappa shape index (κ2) is 8.88. The summed E-state index contributed by atoms with van der Waals surface area (Å²) >= 11 is 0. The Bertz CT molecular complexity index is 1230. The molecule has 3 aliphatic heterocycles. The number of sulfonamides is 1. The van der Waals surface area contributed by atoms with Crippen LogP contribution in [0.5, 0.6) is 11.5 Å². The standard InChI is InChI=1S/C23H24FN3O6S/c24-18-3-1-2-4-21(18)34(30,31)26-9-7-25(8-10-26)23(29)16-13-22(28)27(15-16)17-5-6-19-20(14-17)33-12-11-32-19/h1-6,14,16H,7-13,15H2. The van der Waals surface area contributed by atoms with Gasteiger partial charge in [-0.05, 0) is 24.3 Å². The van der Waals surface area contributed by atoms with Gasteiger partial charge < -0.3 is 19.3 Å². The van der Waals surface area contributed by atoms with E-state index in [1.54, 1.807) is 28.0 Å². The molecule has 0 N–H and O–H groups in total. The van der Waals surface area contributed by atoms with E-state index in [-0.39, 0.29) is 55.9 Å². The number of carbonyl (C=O) groups is 2. The summed E-state index contributed by atoms with van der Waals surface area (Å²) in [6.07, 6.45) is 0.0843. The molecule has 34 heavy (non-hydrogen) atoms. The molecule has 3 aliphatic rings. The molecule has 2 aromatic carbocycles. The summed E-state index contributed by atoms with van der Waals surface area (Å²) in [7, 11) is -3.99. The molecule has 0 bridgehead atoms. The van der Waals surface area contributed by atoms with Crippen LogP contribution in [0, 0.1) is 11.7 Å². The Morgan fingerprint density at radius 2 is 1.68 bits per heavy atom. The molecule has 0 radical (unpaired) electrons. The molecule has 180 valence electrons. The average Bonchev–Trinajstić information content (AvgIpc) is 3.25. The highest BCUT2D eigenvalue weighted by atomic mass is 32.2. The molecule has 5 rings (SSSR count). The molecular weight excluding hydrogens is 465 g/mol. The van der Waals surface area contributed by atoms with E-state index < -0.39 is 21.8 Å². The van der Waals surface area contributed by atoms with Crippen LogP contribution in [0.25, 0.3) is 0 Å². The van der Waals surface area contributed by atoms with Crippen LogP contribution in [0.1, 0.15) is 6.42 Å². The van der Waals surface area contributed by atoms with Gasteiger partial charge in [0.15, 0.2) is 11.5 Å². The number of fused-ring (bicyclic) bond motifs is 1. The molecule has 0 saturated carbocycles. The number of halogens is 1. The lowest BCUT2D eigenvalue weighted by Crippen LogP contribution is -2.52. The smallest absolute Gasteiger partial charge is 0.246 e. The fourth-order valence-electron chi connectivity index (χ4n) is 4.52. The number of benzene rings is 2. The van der Waals surface area contributed by atoms with E-state index in [0.29, 0.717) is 30.4 Å². The van der Waals surface area contributed by atoms with Crippen LogP contribution in [0.2, 0.25) is 0 Å². The Kier molecular flexibility index (Phi) is 5.90. The summed E-state index contributed by atoms with van der Waals surface area (Å²) in [5.41, 5.74) is 0.644. The fourth-order valence-corrected chi connectivity index (χ4v) is 6.01. The number of nitrogens with zero attached hydrogens (tertiary/aromatic N) is 3. The Labute approximate surface area is 196 Å². The third kappa shape index (κ3) is 4.09. The number of amides is 2. The van der Waals surface area contributed by atoms with Crippen molar-refractivity contribution in [3.8, 4) is 11.5 Å². The first-order valence-corrected chi connectivity index (χ1v) is 12.5. The third-order valence-electron chi connectivity index (χ3n) is 6.32. The van der Waals surface area contributed by atoms with E-state index >= 15 is 0 Å². The molecule has 2 fully saturated rings. The number of piperazine rings is 1. The Hall–Kier alpha value is -3.18. The van der Waals surface area contributed by atoms with Gasteiger partial charge in [0.05, 0.1) is 5.92 Å². The van der Waals surface area contributed by atoms with Crippen LogP contribution in [0.4, 0.5) is 10.1 Å². The summed E-state index contributed by atoms with van der Waals surface area (Å²) in [6, 6.07) is 10.5. The van der Waals surface area contributed by atoms with Crippen LogP contribution in [-0.4, -0.2) is 75.4 Å². The Balaban J connectivity index is 1.22. The summed E-state index contributed by atoms with van der Waals surface area (Å²) in [5.74, 6) is -0.469. The van der Waals surface area contributed by atoms with Gasteiger partial charge in [-0.3, -0.25) is 9.59 Å². The first-order valence-electron chi connectivity index (χ1n) is 11.1. The van der Waals surface area contributed by atoms with Crippen molar-refractivity contribution in [2.45, 2.75) is 11.3 Å². The van der Waals surface area contributed by atoms with Crippen molar-refractivity contribution < 1.29 is 31.9 Å². The number of hydrogen-bond donors (Lipinski definition) is 0. The number of carbonyl (C=O) groups excluding carboxylic acids is 2. The van der Waals surface area contributed by atoms with Crippen molar-refractivity contribution in [1.29, 1.82) is 0 Å². The van der Waals surface area contributed by atoms with Gasteiger partial charge >= 0.3 is 0 Å². The molecule has 1 atom stereocenters. The van der Waals surface area contributed by atoms with E-state index in [1.165, 1.54) is 22.5 Å². The lowest BCUT2D eigenvalue weighted by Gasteiger charge is -2.35. The SMILES string of the molecule is O=C(C1CC(=O)N(c2ccc3c(c2)OCCO3)C1)N1CCN(S(=O)(=O)c2ccccc2F)CC1. The van der Waals surface area contributed by atoms with Crippen LogP contribution in [0.15, 0.2) is 47.4 Å². The average molecular weight is 490 g/mol. The number of ether oxygens (including phenoxy) is 2. The predicted octanol–water partition coefficient (Wildman–Crippen LogP) is 1.48. The van der Waals surface area contributed by atoms with E-state index in [9.17, 15) is 22.4 Å². The Morgan fingerprint density at radius 1 is 0.971 bits per heavy atom. The zero-order valence-corrected chi connectivity index (χ0v) is 19.2. The van der Waals surface area contributed by atoms with Crippen molar-refractivity contribution >= 4 is 27.5 Å². The molecule has 2 saturated heterocycles. The topological polar surface area (TPSA) is 96.5 Å². The predicted molar refractivity (Wildman–Crippen MR) is 120 cm³/mol.